The maximum Gasteiger partial charge on any atom is 0.252 e. The van der Waals surface area contributed by atoms with Gasteiger partial charge in [0.1, 0.15) is 5.82 Å². The Hall–Kier alpha value is -2.08. The number of fused-ring (bicyclic) bond motifs is 1. The molecule has 0 aliphatic heterocycles. The lowest BCUT2D eigenvalue weighted by atomic mass is 10.1. The monoisotopic (exact) mass is 317 g/mol. The highest BCUT2D eigenvalue weighted by Gasteiger charge is 2.16. The van der Waals surface area contributed by atoms with Crippen molar-refractivity contribution in [3.8, 4) is 0 Å². The fourth-order valence-corrected chi connectivity index (χ4v) is 2.29. The van der Waals surface area contributed by atoms with E-state index in [9.17, 15) is 9.59 Å². The summed E-state index contributed by atoms with van der Waals surface area (Å²) in [5.41, 5.74) is 1.19. The molecule has 1 heterocycles. The van der Waals surface area contributed by atoms with E-state index in [4.69, 9.17) is 0 Å². The summed E-state index contributed by atoms with van der Waals surface area (Å²) in [6, 6.07) is 9.01. The smallest absolute Gasteiger partial charge is 0.252 e. The van der Waals surface area contributed by atoms with Crippen LogP contribution in [-0.4, -0.2) is 34.8 Å². The molecule has 0 aliphatic carbocycles. The number of anilines is 1. The molecule has 0 unspecified atom stereocenters. The Labute approximate surface area is 133 Å². The summed E-state index contributed by atoms with van der Waals surface area (Å²) in [5, 5.41) is 6.14. The van der Waals surface area contributed by atoms with Gasteiger partial charge >= 0.3 is 0 Å². The van der Waals surface area contributed by atoms with Crippen molar-refractivity contribution in [2.45, 2.75) is 19.1 Å². The van der Waals surface area contributed by atoms with Crippen LogP contribution in [0.5, 0.6) is 0 Å². The molecule has 5 nitrogen and oxygen atoms in total. The molecule has 6 heteroatoms. The maximum atomic E-state index is 12.2. The van der Waals surface area contributed by atoms with Gasteiger partial charge in [0.05, 0.1) is 16.3 Å². The van der Waals surface area contributed by atoms with Gasteiger partial charge in [0, 0.05) is 11.9 Å². The first kappa shape index (κ1) is 16.3. The molecule has 116 valence electrons. The standard InChI is InChI=1S/C16H19N3O2S/c1-4-17-16(21)12-9-14(19-15(20)10(2)22-3)18-13-8-6-5-7-11(12)13/h5-10H,4H2,1-3H3,(H,17,21)(H,18,19,20)/t10-/m1/s1. The van der Waals surface area contributed by atoms with E-state index in [1.165, 1.54) is 11.8 Å². The lowest BCUT2D eigenvalue weighted by molar-refractivity contribution is -0.115. The molecule has 0 radical (unpaired) electrons. The highest BCUT2D eigenvalue weighted by Crippen LogP contribution is 2.21. The Morgan fingerprint density at radius 2 is 2.05 bits per heavy atom. The Kier molecular flexibility index (Phi) is 5.38. The van der Waals surface area contributed by atoms with Crippen molar-refractivity contribution in [1.29, 1.82) is 0 Å². The number of nitrogens with zero attached hydrogens (tertiary/aromatic N) is 1. The molecule has 0 bridgehead atoms. The molecule has 22 heavy (non-hydrogen) atoms. The summed E-state index contributed by atoms with van der Waals surface area (Å²) in [5.74, 6) is 0.0949. The molecular weight excluding hydrogens is 298 g/mol. The van der Waals surface area contributed by atoms with Crippen LogP contribution < -0.4 is 10.6 Å². The average molecular weight is 317 g/mol. The first-order valence-electron chi connectivity index (χ1n) is 7.08. The Morgan fingerprint density at radius 1 is 1.32 bits per heavy atom. The van der Waals surface area contributed by atoms with Crippen LogP contribution in [0.25, 0.3) is 10.9 Å². The Balaban J connectivity index is 2.44. The van der Waals surface area contributed by atoms with Gasteiger partial charge in [-0.05, 0) is 32.2 Å². The highest BCUT2D eigenvalue weighted by molar-refractivity contribution is 7.99. The third-order valence-corrected chi connectivity index (χ3v) is 4.19. The van der Waals surface area contributed by atoms with Gasteiger partial charge in [-0.1, -0.05) is 18.2 Å². The molecule has 1 aromatic heterocycles. The number of aromatic nitrogens is 1. The minimum Gasteiger partial charge on any atom is -0.352 e. The molecule has 0 spiro atoms. The molecule has 2 N–H and O–H groups in total. The van der Waals surface area contributed by atoms with Gasteiger partial charge < -0.3 is 10.6 Å². The van der Waals surface area contributed by atoms with E-state index in [1.54, 1.807) is 6.07 Å². The topological polar surface area (TPSA) is 71.1 Å². The van der Waals surface area contributed by atoms with Crippen LogP contribution in [0.1, 0.15) is 24.2 Å². The van der Waals surface area contributed by atoms with E-state index >= 15 is 0 Å². The van der Waals surface area contributed by atoms with Crippen LogP contribution >= 0.6 is 11.8 Å². The Bertz CT molecular complexity index is 703. The summed E-state index contributed by atoms with van der Waals surface area (Å²) in [4.78, 5) is 28.7. The van der Waals surface area contributed by atoms with Crippen molar-refractivity contribution < 1.29 is 9.59 Å². The van der Waals surface area contributed by atoms with Gasteiger partial charge in [-0.25, -0.2) is 4.98 Å². The van der Waals surface area contributed by atoms with E-state index in [0.717, 1.165) is 5.39 Å². The molecule has 0 saturated heterocycles. The molecule has 0 saturated carbocycles. The zero-order chi connectivity index (χ0) is 16.1. The summed E-state index contributed by atoms with van der Waals surface area (Å²) in [6.07, 6.45) is 1.87. The third kappa shape index (κ3) is 3.57. The van der Waals surface area contributed by atoms with E-state index in [0.29, 0.717) is 23.4 Å². The molecule has 2 rings (SSSR count). The minimum atomic E-state index is -0.179. The molecule has 0 fully saturated rings. The number of nitrogens with one attached hydrogen (secondary N) is 2. The number of amides is 2. The number of pyridine rings is 1. The molecule has 1 atom stereocenters. The zero-order valence-electron chi connectivity index (χ0n) is 12.8. The first-order chi connectivity index (χ1) is 10.6. The summed E-state index contributed by atoms with van der Waals surface area (Å²) in [7, 11) is 0. The van der Waals surface area contributed by atoms with E-state index in [1.807, 2.05) is 44.4 Å². The molecule has 2 amide bonds. The number of para-hydroxylation sites is 1. The number of rotatable bonds is 5. The van der Waals surface area contributed by atoms with Gasteiger partial charge in [-0.15, -0.1) is 0 Å². The van der Waals surface area contributed by atoms with Gasteiger partial charge in [0.15, 0.2) is 0 Å². The van der Waals surface area contributed by atoms with E-state index < -0.39 is 0 Å². The lowest BCUT2D eigenvalue weighted by Gasteiger charge is -2.12. The van der Waals surface area contributed by atoms with Crippen molar-refractivity contribution in [2.75, 3.05) is 18.1 Å². The summed E-state index contributed by atoms with van der Waals surface area (Å²) in [6.45, 7) is 4.23. The van der Waals surface area contributed by atoms with Gasteiger partial charge in [-0.2, -0.15) is 11.8 Å². The first-order valence-corrected chi connectivity index (χ1v) is 8.37. The average Bonchev–Trinajstić information content (AvgIpc) is 2.53. The van der Waals surface area contributed by atoms with E-state index in [2.05, 4.69) is 15.6 Å². The quantitative estimate of drug-likeness (QED) is 0.889. The number of hydrogen-bond donors (Lipinski definition) is 2. The van der Waals surface area contributed by atoms with Gasteiger partial charge in [0.2, 0.25) is 5.91 Å². The van der Waals surface area contributed by atoms with Crippen molar-refractivity contribution in [3.63, 3.8) is 0 Å². The van der Waals surface area contributed by atoms with Gasteiger partial charge in [-0.3, -0.25) is 9.59 Å². The number of carbonyl (C=O) groups excluding carboxylic acids is 2. The third-order valence-electron chi connectivity index (χ3n) is 3.27. The lowest BCUT2D eigenvalue weighted by Crippen LogP contribution is -2.25. The van der Waals surface area contributed by atoms with Crippen LogP contribution in [0.3, 0.4) is 0 Å². The molecule has 2 aromatic rings. The fourth-order valence-electron chi connectivity index (χ4n) is 2.02. The fraction of sp³-hybridized carbons (Fsp3) is 0.312. The molecular formula is C16H19N3O2S. The number of thioether (sulfide) groups is 1. The summed E-state index contributed by atoms with van der Waals surface area (Å²) < 4.78 is 0. The largest absolute Gasteiger partial charge is 0.352 e. The predicted molar refractivity (Wildman–Crippen MR) is 91.4 cm³/mol. The SMILES string of the molecule is CCNC(=O)c1cc(NC(=O)[C@@H](C)SC)nc2ccccc12. The molecule has 1 aromatic carbocycles. The Morgan fingerprint density at radius 3 is 2.73 bits per heavy atom. The van der Waals surface area contributed by atoms with E-state index in [-0.39, 0.29) is 17.1 Å². The number of hydrogen-bond acceptors (Lipinski definition) is 4. The van der Waals surface area contributed by atoms with Crippen LogP contribution in [0.4, 0.5) is 5.82 Å². The second-order valence-electron chi connectivity index (χ2n) is 4.80. The van der Waals surface area contributed by atoms with Gasteiger partial charge in [0.25, 0.3) is 5.91 Å². The van der Waals surface area contributed by atoms with Crippen LogP contribution in [-0.2, 0) is 4.79 Å². The van der Waals surface area contributed by atoms with Crippen molar-refractivity contribution in [1.82, 2.24) is 10.3 Å². The second-order valence-corrected chi connectivity index (χ2v) is 5.98. The molecule has 0 aliphatic rings. The summed E-state index contributed by atoms with van der Waals surface area (Å²) >= 11 is 1.46. The van der Waals surface area contributed by atoms with Crippen LogP contribution in [0.15, 0.2) is 30.3 Å². The number of carbonyl (C=O) groups is 2. The second kappa shape index (κ2) is 7.26. The zero-order valence-corrected chi connectivity index (χ0v) is 13.7. The normalized spacial score (nSPS) is 12.0. The van der Waals surface area contributed by atoms with Crippen molar-refractivity contribution in [3.05, 3.63) is 35.9 Å². The van der Waals surface area contributed by atoms with Crippen LogP contribution in [0.2, 0.25) is 0 Å². The minimum absolute atomic E-state index is 0.128. The number of benzene rings is 1. The van der Waals surface area contributed by atoms with Crippen LogP contribution in [0, 0.1) is 0 Å². The highest BCUT2D eigenvalue weighted by atomic mass is 32.2. The maximum absolute atomic E-state index is 12.2. The van der Waals surface area contributed by atoms with Crippen molar-refractivity contribution in [2.24, 2.45) is 0 Å². The predicted octanol–water partition coefficient (Wildman–Crippen LogP) is 2.67. The van der Waals surface area contributed by atoms with Crippen molar-refractivity contribution >= 4 is 40.3 Å².